The van der Waals surface area contributed by atoms with Crippen LogP contribution < -0.4 is 10.1 Å². The quantitative estimate of drug-likeness (QED) is 0.865. The number of para-hydroxylation sites is 1. The molecule has 0 heterocycles. The molecule has 0 radical (unpaired) electrons. The lowest BCUT2D eigenvalue weighted by atomic mass is 10.1. The van der Waals surface area contributed by atoms with E-state index in [-0.39, 0.29) is 0 Å². The zero-order chi connectivity index (χ0) is 13.0. The Labute approximate surface area is 107 Å². The Morgan fingerprint density at radius 2 is 1.94 bits per heavy atom. The molecule has 0 atom stereocenters. The summed E-state index contributed by atoms with van der Waals surface area (Å²) < 4.78 is 5.21. The van der Waals surface area contributed by atoms with Gasteiger partial charge in [-0.05, 0) is 36.8 Å². The number of phenolic OH excluding ortho intramolecular Hbond substituents is 1. The summed E-state index contributed by atoms with van der Waals surface area (Å²) in [4.78, 5) is 0. The van der Waals surface area contributed by atoms with Gasteiger partial charge in [-0.25, -0.2) is 0 Å². The molecule has 0 bridgehead atoms. The summed E-state index contributed by atoms with van der Waals surface area (Å²) in [5, 5.41) is 12.9. The second-order valence-corrected chi connectivity index (χ2v) is 4.17. The molecule has 0 aliphatic heterocycles. The molecule has 0 unspecified atom stereocenters. The zero-order valence-corrected chi connectivity index (χ0v) is 10.6. The Balaban J connectivity index is 2.07. The van der Waals surface area contributed by atoms with Crippen LogP contribution >= 0.6 is 0 Å². The van der Waals surface area contributed by atoms with E-state index in [4.69, 9.17) is 4.74 Å². The van der Waals surface area contributed by atoms with Crippen molar-refractivity contribution in [3.63, 3.8) is 0 Å². The van der Waals surface area contributed by atoms with Crippen molar-refractivity contribution < 1.29 is 9.84 Å². The van der Waals surface area contributed by atoms with Crippen molar-refractivity contribution >= 4 is 5.69 Å². The van der Waals surface area contributed by atoms with Crippen molar-refractivity contribution in [3.8, 4) is 11.5 Å². The van der Waals surface area contributed by atoms with Crippen LogP contribution in [0.5, 0.6) is 11.5 Å². The maximum Gasteiger partial charge on any atom is 0.121 e. The van der Waals surface area contributed by atoms with Gasteiger partial charge in [0.15, 0.2) is 0 Å². The van der Waals surface area contributed by atoms with Crippen molar-refractivity contribution in [2.24, 2.45) is 0 Å². The monoisotopic (exact) mass is 243 g/mol. The van der Waals surface area contributed by atoms with Gasteiger partial charge in [-0.3, -0.25) is 0 Å². The molecule has 0 amide bonds. The third-order valence-electron chi connectivity index (χ3n) is 2.87. The molecule has 2 aromatic carbocycles. The minimum Gasteiger partial charge on any atom is -0.508 e. The van der Waals surface area contributed by atoms with E-state index in [9.17, 15) is 5.11 Å². The van der Waals surface area contributed by atoms with E-state index in [2.05, 4.69) is 5.32 Å². The minimum absolute atomic E-state index is 0.315. The van der Waals surface area contributed by atoms with Gasteiger partial charge in [-0.2, -0.15) is 0 Å². The van der Waals surface area contributed by atoms with Crippen LogP contribution in [0.25, 0.3) is 0 Å². The fraction of sp³-hybridized carbons (Fsp3) is 0.200. The van der Waals surface area contributed by atoms with Crippen LogP contribution in [0, 0.1) is 6.92 Å². The zero-order valence-electron chi connectivity index (χ0n) is 10.6. The number of aromatic hydroxyl groups is 1. The first-order valence-electron chi connectivity index (χ1n) is 5.86. The Bertz CT molecular complexity index is 538. The molecule has 3 nitrogen and oxygen atoms in total. The normalized spacial score (nSPS) is 10.1. The molecule has 0 saturated heterocycles. The molecule has 94 valence electrons. The molecular weight excluding hydrogens is 226 g/mol. The van der Waals surface area contributed by atoms with E-state index in [0.717, 1.165) is 22.6 Å². The number of hydrogen-bond acceptors (Lipinski definition) is 3. The van der Waals surface area contributed by atoms with Gasteiger partial charge >= 0.3 is 0 Å². The fourth-order valence-electron chi connectivity index (χ4n) is 1.85. The number of aryl methyl sites for hydroxylation is 1. The van der Waals surface area contributed by atoms with Gasteiger partial charge in [0.2, 0.25) is 0 Å². The minimum atomic E-state index is 0.315. The van der Waals surface area contributed by atoms with E-state index in [1.54, 1.807) is 13.2 Å². The van der Waals surface area contributed by atoms with Crippen molar-refractivity contribution in [1.82, 2.24) is 0 Å². The van der Waals surface area contributed by atoms with Crippen LogP contribution in [0.15, 0.2) is 42.5 Å². The second kappa shape index (κ2) is 5.45. The summed E-state index contributed by atoms with van der Waals surface area (Å²) in [7, 11) is 1.66. The molecule has 2 rings (SSSR count). The smallest absolute Gasteiger partial charge is 0.121 e. The van der Waals surface area contributed by atoms with Gasteiger partial charge in [0, 0.05) is 17.8 Å². The predicted octanol–water partition coefficient (Wildman–Crippen LogP) is 3.32. The van der Waals surface area contributed by atoms with Gasteiger partial charge in [0.05, 0.1) is 7.11 Å². The highest BCUT2D eigenvalue weighted by Crippen LogP contribution is 2.23. The molecule has 2 aromatic rings. The molecule has 0 spiro atoms. The van der Waals surface area contributed by atoms with E-state index in [0.29, 0.717) is 12.3 Å². The van der Waals surface area contributed by atoms with Crippen LogP contribution in [-0.4, -0.2) is 12.2 Å². The predicted molar refractivity (Wildman–Crippen MR) is 73.2 cm³/mol. The standard InChI is InChI=1S/C15H17NO2/c1-11-9-13(7-8-15(11)18-2)16-10-12-5-3-4-6-14(12)17/h3-9,16-17H,10H2,1-2H3. The average molecular weight is 243 g/mol. The first-order valence-corrected chi connectivity index (χ1v) is 5.86. The van der Waals surface area contributed by atoms with Crippen LogP contribution in [0.2, 0.25) is 0 Å². The fourth-order valence-corrected chi connectivity index (χ4v) is 1.85. The maximum atomic E-state index is 9.67. The number of ether oxygens (including phenoxy) is 1. The van der Waals surface area contributed by atoms with E-state index >= 15 is 0 Å². The number of phenols is 1. The van der Waals surface area contributed by atoms with Gasteiger partial charge in [-0.15, -0.1) is 0 Å². The van der Waals surface area contributed by atoms with E-state index < -0.39 is 0 Å². The molecule has 18 heavy (non-hydrogen) atoms. The summed E-state index contributed by atoms with van der Waals surface area (Å²) in [5.41, 5.74) is 2.97. The van der Waals surface area contributed by atoms with E-state index in [1.165, 1.54) is 0 Å². The summed E-state index contributed by atoms with van der Waals surface area (Å²) in [6, 6.07) is 13.2. The van der Waals surface area contributed by atoms with Crippen molar-refractivity contribution in [1.29, 1.82) is 0 Å². The van der Waals surface area contributed by atoms with Gasteiger partial charge < -0.3 is 15.2 Å². The van der Waals surface area contributed by atoms with Crippen LogP contribution in [0.4, 0.5) is 5.69 Å². The SMILES string of the molecule is COc1ccc(NCc2ccccc2O)cc1C. The summed E-state index contributed by atoms with van der Waals surface area (Å²) >= 11 is 0. The highest BCUT2D eigenvalue weighted by molar-refractivity contribution is 5.51. The lowest BCUT2D eigenvalue weighted by molar-refractivity contribution is 0.412. The third kappa shape index (κ3) is 2.74. The molecule has 0 fully saturated rings. The van der Waals surface area contributed by atoms with Crippen LogP contribution in [0.3, 0.4) is 0 Å². The maximum absolute atomic E-state index is 9.67. The Hall–Kier alpha value is -2.16. The molecule has 0 aliphatic rings. The Morgan fingerprint density at radius 1 is 1.17 bits per heavy atom. The topological polar surface area (TPSA) is 41.5 Å². The number of rotatable bonds is 4. The number of anilines is 1. The first-order chi connectivity index (χ1) is 8.70. The molecule has 0 aromatic heterocycles. The van der Waals surface area contributed by atoms with Crippen molar-refractivity contribution in [2.45, 2.75) is 13.5 Å². The van der Waals surface area contributed by atoms with Crippen molar-refractivity contribution in [2.75, 3.05) is 12.4 Å². The van der Waals surface area contributed by atoms with Crippen LogP contribution in [-0.2, 0) is 6.54 Å². The van der Waals surface area contributed by atoms with Gasteiger partial charge in [0.1, 0.15) is 11.5 Å². The second-order valence-electron chi connectivity index (χ2n) is 4.17. The van der Waals surface area contributed by atoms with Crippen LogP contribution in [0.1, 0.15) is 11.1 Å². The molecular formula is C15H17NO2. The molecule has 2 N–H and O–H groups in total. The highest BCUT2D eigenvalue weighted by atomic mass is 16.5. The largest absolute Gasteiger partial charge is 0.508 e. The van der Waals surface area contributed by atoms with Gasteiger partial charge in [0.25, 0.3) is 0 Å². The number of hydrogen-bond donors (Lipinski definition) is 2. The van der Waals surface area contributed by atoms with E-state index in [1.807, 2.05) is 43.3 Å². The summed E-state index contributed by atoms with van der Waals surface area (Å²) in [6.07, 6.45) is 0. The Kier molecular flexibility index (Phi) is 3.72. The first kappa shape index (κ1) is 12.3. The number of nitrogens with one attached hydrogen (secondary N) is 1. The molecule has 0 saturated carbocycles. The molecule has 0 aliphatic carbocycles. The number of benzene rings is 2. The number of methoxy groups -OCH3 is 1. The highest BCUT2D eigenvalue weighted by Gasteiger charge is 2.02. The molecule has 3 heteroatoms. The summed E-state index contributed by atoms with van der Waals surface area (Å²) in [5.74, 6) is 1.19. The summed E-state index contributed by atoms with van der Waals surface area (Å²) in [6.45, 7) is 2.60. The Morgan fingerprint density at radius 3 is 2.61 bits per heavy atom. The average Bonchev–Trinajstić information content (AvgIpc) is 2.38. The third-order valence-corrected chi connectivity index (χ3v) is 2.87. The lowest BCUT2D eigenvalue weighted by Gasteiger charge is -2.10. The van der Waals surface area contributed by atoms with Gasteiger partial charge in [-0.1, -0.05) is 18.2 Å². The lowest BCUT2D eigenvalue weighted by Crippen LogP contribution is -2.00. The van der Waals surface area contributed by atoms with Crippen molar-refractivity contribution in [3.05, 3.63) is 53.6 Å².